The maximum atomic E-state index is 8.99. The van der Waals surface area contributed by atoms with Crippen LogP contribution in [0.15, 0.2) is 0 Å². The van der Waals surface area contributed by atoms with Crippen LogP contribution in [0.4, 0.5) is 0 Å². The first kappa shape index (κ1) is 3.88. The zero-order chi connectivity index (χ0) is 3.41. The summed E-state index contributed by atoms with van der Waals surface area (Å²) in [6, 6.07) is 0. The van der Waals surface area contributed by atoms with Crippen molar-refractivity contribution < 1.29 is 9.05 Å². The van der Waals surface area contributed by atoms with Crippen LogP contribution in [0, 0.1) is 0 Å². The van der Waals surface area contributed by atoms with E-state index in [0.717, 1.165) is 0 Å². The zero-order valence-electron chi connectivity index (χ0n) is 2.39. The molecule has 0 aromatic rings. The van der Waals surface area contributed by atoms with E-state index in [1.54, 1.807) is 0 Å². The molecule has 0 aliphatic rings. The predicted octanol–water partition coefficient (Wildman–Crippen LogP) is -1.75. The Bertz CT molecular complexity index is 20.0. The van der Waals surface area contributed by atoms with Crippen LogP contribution in [-0.4, -0.2) is 17.8 Å². The summed E-state index contributed by atoms with van der Waals surface area (Å²) in [5.74, 6) is 0. The molecule has 0 unspecified atom stereocenters. The molecule has 0 aliphatic heterocycles. The first-order chi connectivity index (χ1) is 1.91. The predicted molar refractivity (Wildman–Crippen MR) is 17.5 cm³/mol. The van der Waals surface area contributed by atoms with Gasteiger partial charge in [0.25, 0.3) is 0 Å². The van der Waals surface area contributed by atoms with Gasteiger partial charge in [0.1, 0.15) is 0 Å². The van der Waals surface area contributed by atoms with Crippen LogP contribution in [0.3, 0.4) is 0 Å². The Morgan fingerprint density at radius 3 is 2.25 bits per heavy atom. The monoisotopic (exact) mass is 74.0 g/mol. The first-order valence-corrected chi connectivity index (χ1v) is 1.70. The summed E-state index contributed by atoms with van der Waals surface area (Å²) in [4.78, 5) is 0. The summed E-state index contributed by atoms with van der Waals surface area (Å²) >= 11 is 0. The molecule has 4 heavy (non-hydrogen) atoms. The van der Waals surface area contributed by atoms with Gasteiger partial charge in [0.15, 0.2) is 0 Å². The topological polar surface area (TPSA) is 26.3 Å². The molecule has 0 saturated carbocycles. The fraction of sp³-hybridized carbons (Fsp3) is 0. The maximum absolute atomic E-state index is 8.99. The van der Waals surface area contributed by atoms with Crippen molar-refractivity contribution in [1.29, 1.82) is 0 Å². The zero-order valence-corrected chi connectivity index (χ0v) is 4.39. The number of hydrogen-bond donors (Lipinski definition) is 0. The van der Waals surface area contributed by atoms with Crippen molar-refractivity contribution in [2.45, 2.75) is 0 Å². The quantitative estimate of drug-likeness (QED) is 0.345. The molecule has 0 N–H and O–H groups in total. The Labute approximate surface area is 28.0 Å². The van der Waals surface area contributed by atoms with Gasteiger partial charge >= 0.3 is 26.9 Å². The number of rotatable bonds is 1. The SMILES string of the molecule is O=BO[SiH3]. The van der Waals surface area contributed by atoms with Crippen LogP contribution in [-0.2, 0) is 9.05 Å². The Kier molecular flexibility index (Phi) is 2.80. The van der Waals surface area contributed by atoms with E-state index < -0.39 is 0 Å². The summed E-state index contributed by atoms with van der Waals surface area (Å²) in [5.41, 5.74) is 0. The fourth-order valence-corrected chi connectivity index (χ4v) is 0. The van der Waals surface area contributed by atoms with Gasteiger partial charge in [-0.2, -0.15) is 0 Å². The van der Waals surface area contributed by atoms with Crippen molar-refractivity contribution in [2.75, 3.05) is 0 Å². The van der Waals surface area contributed by atoms with Gasteiger partial charge in [-0.3, -0.25) is 0 Å². The van der Waals surface area contributed by atoms with E-state index in [2.05, 4.69) is 4.34 Å². The molecule has 0 rings (SSSR count). The number of hydrogen-bond acceptors (Lipinski definition) is 2. The van der Waals surface area contributed by atoms with Crippen molar-refractivity contribution in [3.05, 3.63) is 0 Å². The normalized spacial score (nSPS) is 5.00. The Balaban J connectivity index is 2.30. The Morgan fingerprint density at radius 1 is 2.00 bits per heavy atom. The molecule has 0 fully saturated rings. The summed E-state index contributed by atoms with van der Waals surface area (Å²) in [6.07, 6.45) is 0. The average Bonchev–Trinajstić information content (AvgIpc) is 1.37. The van der Waals surface area contributed by atoms with Gasteiger partial charge in [-0.05, 0) is 0 Å². The van der Waals surface area contributed by atoms with E-state index >= 15 is 0 Å². The molecule has 2 nitrogen and oxygen atoms in total. The van der Waals surface area contributed by atoms with Crippen LogP contribution in [0.2, 0.25) is 0 Å². The van der Waals surface area contributed by atoms with Gasteiger partial charge in [-0.15, -0.1) is 0 Å². The van der Waals surface area contributed by atoms with E-state index in [9.17, 15) is 0 Å². The summed E-state index contributed by atoms with van der Waals surface area (Å²) in [7, 11) is 0.958. The molecule has 0 aromatic carbocycles. The van der Waals surface area contributed by atoms with E-state index in [4.69, 9.17) is 4.70 Å². The molecule has 0 amide bonds. The van der Waals surface area contributed by atoms with Gasteiger partial charge in [0.2, 0.25) is 0 Å². The molecular formula is H3BO2Si. The van der Waals surface area contributed by atoms with Crippen molar-refractivity contribution in [3.8, 4) is 0 Å². The van der Waals surface area contributed by atoms with Crippen molar-refractivity contribution in [1.82, 2.24) is 0 Å². The van der Waals surface area contributed by atoms with Gasteiger partial charge < -0.3 is 0 Å². The van der Waals surface area contributed by atoms with Gasteiger partial charge in [-0.1, -0.05) is 0 Å². The molecule has 0 saturated heterocycles. The van der Waals surface area contributed by atoms with Gasteiger partial charge in [0.05, 0.1) is 0 Å². The third-order valence-corrected chi connectivity index (χ3v) is 0.289. The van der Waals surface area contributed by atoms with Gasteiger partial charge in [0, 0.05) is 0 Å². The van der Waals surface area contributed by atoms with Crippen LogP contribution in [0.1, 0.15) is 0 Å². The van der Waals surface area contributed by atoms with Gasteiger partial charge in [-0.25, -0.2) is 0 Å². The molecular weight excluding hydrogens is 70.9 g/mol. The molecule has 4 heteroatoms. The molecule has 0 heterocycles. The molecule has 22 valence electrons. The third-order valence-electron chi connectivity index (χ3n) is 0.0962. The fourth-order valence-electron chi connectivity index (χ4n) is 0. The molecule has 0 spiro atoms. The second-order valence-electron chi connectivity index (χ2n) is 0.332. The third kappa shape index (κ3) is 1.88. The molecule has 0 atom stereocenters. The summed E-state index contributed by atoms with van der Waals surface area (Å²) in [6.45, 7) is 0. The van der Waals surface area contributed by atoms with E-state index in [-0.39, 0.29) is 0 Å². The molecule has 0 radical (unpaired) electrons. The van der Waals surface area contributed by atoms with E-state index in [0.29, 0.717) is 17.8 Å². The van der Waals surface area contributed by atoms with Crippen molar-refractivity contribution >= 4 is 17.8 Å². The summed E-state index contributed by atoms with van der Waals surface area (Å²) < 4.78 is 13.0. The minimum atomic E-state index is 0.437. The minimum absolute atomic E-state index is 0.437. The van der Waals surface area contributed by atoms with Crippen LogP contribution in [0.5, 0.6) is 0 Å². The molecule has 0 aromatic heterocycles. The van der Waals surface area contributed by atoms with Crippen LogP contribution >= 0.6 is 0 Å². The molecule has 0 aliphatic carbocycles. The summed E-state index contributed by atoms with van der Waals surface area (Å²) in [5, 5.41) is 0. The second kappa shape index (κ2) is 2.88. The second-order valence-corrected chi connectivity index (χ2v) is 0.803. The van der Waals surface area contributed by atoms with Crippen molar-refractivity contribution in [2.24, 2.45) is 0 Å². The van der Waals surface area contributed by atoms with Crippen molar-refractivity contribution in [3.63, 3.8) is 0 Å². The van der Waals surface area contributed by atoms with Crippen LogP contribution in [0.25, 0.3) is 0 Å². The van der Waals surface area contributed by atoms with Crippen LogP contribution < -0.4 is 0 Å². The standard InChI is InChI=1S/BH3O2Si/c2-1-3-4/h4H3. The first-order valence-electron chi connectivity index (χ1n) is 0.880. The Hall–Kier alpha value is -0.118. The average molecular weight is 73.9 g/mol. The Morgan fingerprint density at radius 2 is 2.25 bits per heavy atom. The molecule has 0 bridgehead atoms. The van der Waals surface area contributed by atoms with E-state index in [1.165, 1.54) is 0 Å². The van der Waals surface area contributed by atoms with E-state index in [1.807, 2.05) is 0 Å².